The molecule has 0 fully saturated rings. The van der Waals surface area contributed by atoms with E-state index in [1.54, 1.807) is 51.8 Å². The van der Waals surface area contributed by atoms with Crippen LogP contribution in [0.3, 0.4) is 0 Å². The Kier molecular flexibility index (Phi) is 10.5. The molecule has 0 aliphatic carbocycles. The predicted molar refractivity (Wildman–Crippen MR) is 199 cm³/mol. The minimum absolute atomic E-state index is 0.246. The van der Waals surface area contributed by atoms with E-state index in [1.807, 2.05) is 55.9 Å². The van der Waals surface area contributed by atoms with E-state index in [9.17, 15) is 19.2 Å². The summed E-state index contributed by atoms with van der Waals surface area (Å²) in [5, 5.41) is 14.6. The molecule has 0 unspecified atom stereocenters. The topological polar surface area (TPSA) is 199 Å². The zero-order valence-electron chi connectivity index (χ0n) is 30.2. The van der Waals surface area contributed by atoms with Gasteiger partial charge in [-0.2, -0.15) is 10.2 Å². The van der Waals surface area contributed by atoms with Gasteiger partial charge in [0.15, 0.2) is 0 Å². The number of hydrogen-bond acceptors (Lipinski definition) is 9. The number of nitrogens with two attached hydrogens (primary N) is 1. The first-order chi connectivity index (χ1) is 25.5. The third-order valence-electron chi connectivity index (χ3n) is 8.52. The van der Waals surface area contributed by atoms with Crippen LogP contribution in [0.5, 0.6) is 5.75 Å². The van der Waals surface area contributed by atoms with Crippen LogP contribution in [0.4, 0.5) is 11.9 Å². The number of aldehydes is 1. The number of carbonyl (C=O) groups excluding carboxylic acids is 4. The summed E-state index contributed by atoms with van der Waals surface area (Å²) >= 11 is 0. The highest BCUT2D eigenvalue weighted by atomic mass is 16.5. The second kappa shape index (κ2) is 15.3. The van der Waals surface area contributed by atoms with Gasteiger partial charge in [0.1, 0.15) is 28.9 Å². The van der Waals surface area contributed by atoms with Gasteiger partial charge in [0.05, 0.1) is 34.5 Å². The van der Waals surface area contributed by atoms with E-state index in [0.29, 0.717) is 75.9 Å². The average Bonchev–Trinajstić information content (AvgIpc) is 3.90. The Morgan fingerprint density at radius 2 is 1.38 bits per heavy atom. The number of amides is 3. The first-order valence-corrected chi connectivity index (χ1v) is 17.3. The fourth-order valence-corrected chi connectivity index (χ4v) is 6.11. The summed E-state index contributed by atoms with van der Waals surface area (Å²) in [6.07, 6.45) is 5.25. The molecular weight excluding hydrogens is 678 g/mol. The number of allylic oxidation sites excluding steroid dienone is 2. The van der Waals surface area contributed by atoms with Crippen molar-refractivity contribution in [3.63, 3.8) is 0 Å². The highest BCUT2D eigenvalue weighted by Gasteiger charge is 2.22. The summed E-state index contributed by atoms with van der Waals surface area (Å²) in [7, 11) is 0. The molecule has 0 aliphatic heterocycles. The minimum atomic E-state index is -0.596. The number of rotatable bonds is 15. The van der Waals surface area contributed by atoms with E-state index in [4.69, 9.17) is 15.5 Å². The molecule has 274 valence electrons. The zero-order chi connectivity index (χ0) is 37.8. The molecule has 0 saturated heterocycles. The smallest absolute Gasteiger partial charge is 0.276 e. The van der Waals surface area contributed by atoms with Gasteiger partial charge in [-0.15, -0.1) is 0 Å². The number of carbonyl (C=O) groups is 4. The van der Waals surface area contributed by atoms with E-state index >= 15 is 0 Å². The third kappa shape index (κ3) is 7.42. The molecule has 4 N–H and O–H groups in total. The summed E-state index contributed by atoms with van der Waals surface area (Å²) in [5.74, 6) is -0.398. The SMILES string of the molecule is CCCOc1cc(C=O)cc2nc(NC(=O)c3cc(C)nn3CC)n(C/C=C/Cn3c(NC(=O)c4cc(C)nn4CC)nc4cc(C(N)=O)ccc43)c12. The molecule has 16 heteroatoms. The lowest BCUT2D eigenvalue weighted by atomic mass is 10.2. The number of aryl methyl sites for hydroxylation is 4. The maximum Gasteiger partial charge on any atom is 0.276 e. The Balaban J connectivity index is 1.36. The number of fused-ring (bicyclic) bond motifs is 2. The Morgan fingerprint density at radius 3 is 1.94 bits per heavy atom. The van der Waals surface area contributed by atoms with Crippen molar-refractivity contribution in [2.45, 2.75) is 67.2 Å². The van der Waals surface area contributed by atoms with Gasteiger partial charge in [-0.3, -0.25) is 39.2 Å². The van der Waals surface area contributed by atoms with Gasteiger partial charge in [-0.05, 0) is 76.6 Å². The summed E-state index contributed by atoms with van der Waals surface area (Å²) < 4.78 is 12.9. The van der Waals surface area contributed by atoms with Crippen molar-refractivity contribution in [3.05, 3.63) is 88.5 Å². The van der Waals surface area contributed by atoms with Gasteiger partial charge in [-0.1, -0.05) is 19.1 Å². The highest BCUT2D eigenvalue weighted by Crippen LogP contribution is 2.31. The second-order valence-electron chi connectivity index (χ2n) is 12.4. The molecule has 4 heterocycles. The zero-order valence-corrected chi connectivity index (χ0v) is 30.2. The lowest BCUT2D eigenvalue weighted by Crippen LogP contribution is -2.20. The van der Waals surface area contributed by atoms with Gasteiger partial charge in [0, 0.05) is 37.3 Å². The molecular formula is C37H41N11O5. The van der Waals surface area contributed by atoms with Crippen LogP contribution in [0.15, 0.2) is 54.6 Å². The molecule has 3 amide bonds. The average molecular weight is 720 g/mol. The van der Waals surface area contributed by atoms with E-state index in [-0.39, 0.29) is 42.4 Å². The quantitative estimate of drug-likeness (QED) is 0.0976. The van der Waals surface area contributed by atoms with E-state index < -0.39 is 5.91 Å². The predicted octanol–water partition coefficient (Wildman–Crippen LogP) is 4.90. The Labute approximate surface area is 304 Å². The summed E-state index contributed by atoms with van der Waals surface area (Å²) in [6, 6.07) is 11.6. The molecule has 6 rings (SSSR count). The van der Waals surface area contributed by atoms with Crippen LogP contribution in [0.1, 0.15) is 80.3 Å². The summed E-state index contributed by atoms with van der Waals surface area (Å²) in [4.78, 5) is 60.1. The van der Waals surface area contributed by atoms with Crippen LogP contribution in [-0.2, 0) is 26.2 Å². The molecule has 4 aromatic heterocycles. The molecule has 6 aromatic rings. The van der Waals surface area contributed by atoms with E-state index in [2.05, 4.69) is 25.8 Å². The maximum atomic E-state index is 13.6. The molecule has 0 atom stereocenters. The lowest BCUT2D eigenvalue weighted by molar-refractivity contribution is 0.0994. The van der Waals surface area contributed by atoms with Crippen LogP contribution >= 0.6 is 0 Å². The number of aromatic nitrogens is 8. The third-order valence-corrected chi connectivity index (χ3v) is 8.52. The largest absolute Gasteiger partial charge is 0.491 e. The normalized spacial score (nSPS) is 11.5. The second-order valence-corrected chi connectivity index (χ2v) is 12.4. The number of nitrogens with zero attached hydrogens (tertiary/aromatic N) is 8. The van der Waals surface area contributed by atoms with Crippen LogP contribution < -0.4 is 21.1 Å². The molecule has 53 heavy (non-hydrogen) atoms. The van der Waals surface area contributed by atoms with Crippen molar-refractivity contribution < 1.29 is 23.9 Å². The Hall–Kier alpha value is -6.58. The van der Waals surface area contributed by atoms with Crippen molar-refractivity contribution in [2.24, 2.45) is 5.73 Å². The number of benzene rings is 2. The Morgan fingerprint density at radius 1 is 0.792 bits per heavy atom. The molecule has 0 spiro atoms. The lowest BCUT2D eigenvalue weighted by Gasteiger charge is -2.12. The number of nitrogens with one attached hydrogen (secondary N) is 2. The fourth-order valence-electron chi connectivity index (χ4n) is 6.11. The molecule has 0 aliphatic rings. The fraction of sp³-hybridized carbons (Fsp3) is 0.297. The molecule has 2 aromatic carbocycles. The van der Waals surface area contributed by atoms with Gasteiger partial charge in [0.25, 0.3) is 11.8 Å². The summed E-state index contributed by atoms with van der Waals surface area (Å²) in [5.41, 5.74) is 10.6. The molecule has 0 bridgehead atoms. The van der Waals surface area contributed by atoms with Crippen LogP contribution in [0, 0.1) is 13.8 Å². The number of imidazole rings is 2. The standard InChI is InChI=1S/C37H41N11O5/c1-6-15-53-31-19-24(21-49)18-27-32(31)46(37(40-27)42-35(52)30-17-23(5)44-48(30)8-3)14-10-9-13-45-28-12-11-25(33(38)50)20-26(28)39-36(45)41-34(51)29-16-22(4)43-47(29)7-2/h9-12,16-21H,6-8,13-15H2,1-5H3,(H2,38,50)(H,39,41,51)(H,40,42,52)/b10-9+. The minimum Gasteiger partial charge on any atom is -0.491 e. The molecule has 16 nitrogen and oxygen atoms in total. The van der Waals surface area contributed by atoms with Crippen LogP contribution in [0.2, 0.25) is 0 Å². The first kappa shape index (κ1) is 36.2. The number of hydrogen-bond donors (Lipinski definition) is 3. The number of primary amides is 1. The molecule has 0 radical (unpaired) electrons. The van der Waals surface area contributed by atoms with Gasteiger partial charge in [0.2, 0.25) is 17.8 Å². The van der Waals surface area contributed by atoms with Gasteiger partial charge >= 0.3 is 0 Å². The van der Waals surface area contributed by atoms with E-state index in [1.165, 1.54) is 0 Å². The van der Waals surface area contributed by atoms with E-state index in [0.717, 1.165) is 12.7 Å². The van der Waals surface area contributed by atoms with Crippen molar-refractivity contribution in [3.8, 4) is 5.75 Å². The van der Waals surface area contributed by atoms with Crippen molar-refractivity contribution in [1.29, 1.82) is 0 Å². The maximum absolute atomic E-state index is 13.6. The van der Waals surface area contributed by atoms with Crippen molar-refractivity contribution in [2.75, 3.05) is 17.2 Å². The monoisotopic (exact) mass is 719 g/mol. The summed E-state index contributed by atoms with van der Waals surface area (Å²) in [6.45, 7) is 11.4. The Bertz CT molecular complexity index is 2390. The first-order valence-electron chi connectivity index (χ1n) is 17.3. The number of anilines is 2. The highest BCUT2D eigenvalue weighted by molar-refractivity contribution is 6.04. The van der Waals surface area contributed by atoms with Gasteiger partial charge < -0.3 is 19.6 Å². The van der Waals surface area contributed by atoms with Crippen LogP contribution in [0.25, 0.3) is 22.1 Å². The van der Waals surface area contributed by atoms with Gasteiger partial charge in [-0.25, -0.2) is 9.97 Å². The van der Waals surface area contributed by atoms with Crippen LogP contribution in [-0.4, -0.2) is 69.3 Å². The van der Waals surface area contributed by atoms with Crippen molar-refractivity contribution in [1.82, 2.24) is 38.7 Å². The molecule has 0 saturated carbocycles. The van der Waals surface area contributed by atoms with Crippen molar-refractivity contribution >= 4 is 58.0 Å². The number of ether oxygens (including phenoxy) is 1.